The fourth-order valence-corrected chi connectivity index (χ4v) is 15.0. The van der Waals surface area contributed by atoms with Gasteiger partial charge in [0.1, 0.15) is 73.4 Å². The molecule has 0 aromatic rings. The summed E-state index contributed by atoms with van der Waals surface area (Å²) in [5, 5.41) is 118. The molecular weight excluding hydrogens is 881 g/mol. The van der Waals surface area contributed by atoms with Gasteiger partial charge in [-0.1, -0.05) is 60.1 Å². The van der Waals surface area contributed by atoms with Gasteiger partial charge in [0.05, 0.1) is 30.8 Å². The lowest BCUT2D eigenvalue weighted by molar-refractivity contribution is -0.396. The van der Waals surface area contributed by atoms with Gasteiger partial charge >= 0.3 is 5.97 Å². The Morgan fingerprint density at radius 2 is 1.24 bits per heavy atom. The van der Waals surface area contributed by atoms with Gasteiger partial charge in [0.2, 0.25) is 0 Å². The number of aliphatic hydroxyl groups is 10. The highest BCUT2D eigenvalue weighted by atomic mass is 16.8. The smallest absolute Gasteiger partial charge is 0.335 e. The molecule has 3 heterocycles. The van der Waals surface area contributed by atoms with E-state index in [-0.39, 0.29) is 50.9 Å². The Morgan fingerprint density at radius 3 is 1.85 bits per heavy atom. The van der Waals surface area contributed by atoms with E-state index in [2.05, 4.69) is 47.6 Å². The van der Waals surface area contributed by atoms with Crippen LogP contribution in [0, 0.1) is 50.2 Å². The maximum atomic E-state index is 13.8. The number of allylic oxidation sites excluding steroid dienone is 2. The molecule has 19 nitrogen and oxygen atoms in total. The summed E-state index contributed by atoms with van der Waals surface area (Å²) in [6.07, 6.45) is -19.1. The van der Waals surface area contributed by atoms with Gasteiger partial charge < -0.3 is 89.4 Å². The van der Waals surface area contributed by atoms with Gasteiger partial charge in [-0.05, 0) is 97.2 Å². The first-order chi connectivity index (χ1) is 31.3. The molecule has 3 aliphatic heterocycles. The molecule has 5 aliphatic carbocycles. The van der Waals surface area contributed by atoms with Crippen LogP contribution in [0.2, 0.25) is 0 Å². The molecule has 0 aromatic heterocycles. The molecular formula is C48H76O19. The van der Waals surface area contributed by atoms with Crippen LogP contribution in [0.15, 0.2) is 11.6 Å². The number of aldehydes is 1. The number of aliphatic carboxylic acids is 1. The van der Waals surface area contributed by atoms with Crippen LogP contribution in [0.1, 0.15) is 106 Å². The van der Waals surface area contributed by atoms with E-state index >= 15 is 0 Å². The maximum absolute atomic E-state index is 13.8. The highest BCUT2D eigenvalue weighted by Gasteiger charge is 2.70. The Balaban J connectivity index is 1.08. The molecule has 0 spiro atoms. The minimum absolute atomic E-state index is 0.00247. The minimum Gasteiger partial charge on any atom is -0.479 e. The zero-order valence-electron chi connectivity index (χ0n) is 39.7. The Kier molecular flexibility index (Phi) is 13.9. The topological polar surface area (TPSA) is 312 Å². The molecule has 8 rings (SSSR count). The zero-order valence-corrected chi connectivity index (χ0v) is 39.7. The quantitative estimate of drug-likeness (QED) is 0.0773. The number of fused-ring (bicyclic) bond motifs is 7. The molecule has 4 saturated carbocycles. The number of hydrogen-bond acceptors (Lipinski definition) is 18. The van der Waals surface area contributed by atoms with Crippen molar-refractivity contribution in [3.8, 4) is 0 Å². The third-order valence-corrected chi connectivity index (χ3v) is 19.4. The average molecular weight is 957 g/mol. The molecule has 382 valence electrons. The summed E-state index contributed by atoms with van der Waals surface area (Å²) in [6.45, 7) is 14.0. The van der Waals surface area contributed by atoms with Crippen molar-refractivity contribution < 1.29 is 94.2 Å². The molecule has 3 saturated heterocycles. The molecule has 25 atom stereocenters. The Morgan fingerprint density at radius 1 is 0.657 bits per heavy atom. The molecule has 0 radical (unpaired) electrons. The fourth-order valence-electron chi connectivity index (χ4n) is 15.0. The third-order valence-electron chi connectivity index (χ3n) is 19.4. The van der Waals surface area contributed by atoms with Crippen molar-refractivity contribution in [1.82, 2.24) is 0 Å². The number of carbonyl (C=O) groups is 2. The molecule has 0 amide bonds. The molecule has 0 unspecified atom stereocenters. The van der Waals surface area contributed by atoms with Crippen LogP contribution in [0.3, 0.4) is 0 Å². The lowest BCUT2D eigenvalue weighted by Crippen LogP contribution is -2.68. The highest BCUT2D eigenvalue weighted by molar-refractivity contribution is 5.73. The van der Waals surface area contributed by atoms with Crippen LogP contribution in [0.4, 0.5) is 0 Å². The van der Waals surface area contributed by atoms with Gasteiger partial charge in [-0.2, -0.15) is 0 Å². The predicted molar refractivity (Wildman–Crippen MR) is 231 cm³/mol. The molecule has 19 heteroatoms. The number of rotatable bonds is 10. The summed E-state index contributed by atoms with van der Waals surface area (Å²) in [6, 6.07) is 0. The summed E-state index contributed by atoms with van der Waals surface area (Å²) in [5.41, 5.74) is -0.555. The van der Waals surface area contributed by atoms with E-state index in [1.165, 1.54) is 5.57 Å². The monoisotopic (exact) mass is 956 g/mol. The van der Waals surface area contributed by atoms with Crippen LogP contribution < -0.4 is 0 Å². The first kappa shape index (κ1) is 51.6. The molecule has 67 heavy (non-hydrogen) atoms. The second-order valence-corrected chi connectivity index (χ2v) is 23.4. The summed E-state index contributed by atoms with van der Waals surface area (Å²) in [7, 11) is 0. The largest absolute Gasteiger partial charge is 0.479 e. The summed E-state index contributed by atoms with van der Waals surface area (Å²) in [4.78, 5) is 26.2. The lowest BCUT2D eigenvalue weighted by Gasteiger charge is -2.71. The van der Waals surface area contributed by atoms with E-state index in [0.29, 0.717) is 19.3 Å². The lowest BCUT2D eigenvalue weighted by atomic mass is 9.33. The third kappa shape index (κ3) is 8.01. The first-order valence-corrected chi connectivity index (χ1v) is 24.3. The number of ether oxygens (including phenoxy) is 6. The van der Waals surface area contributed by atoms with Gasteiger partial charge in [-0.3, -0.25) is 0 Å². The predicted octanol–water partition coefficient (Wildman–Crippen LogP) is -0.116. The number of aliphatic hydroxyl groups excluding tert-OH is 10. The van der Waals surface area contributed by atoms with E-state index in [1.54, 1.807) is 0 Å². The summed E-state index contributed by atoms with van der Waals surface area (Å²) < 4.78 is 35.8. The van der Waals surface area contributed by atoms with Crippen LogP contribution in [-0.4, -0.2) is 186 Å². The van der Waals surface area contributed by atoms with Gasteiger partial charge in [-0.25, -0.2) is 4.79 Å². The Labute approximate surface area is 391 Å². The van der Waals surface area contributed by atoms with Crippen LogP contribution in [0.25, 0.3) is 0 Å². The van der Waals surface area contributed by atoms with Crippen molar-refractivity contribution in [2.45, 2.75) is 211 Å². The van der Waals surface area contributed by atoms with Crippen molar-refractivity contribution in [2.24, 2.45) is 50.2 Å². The van der Waals surface area contributed by atoms with E-state index < -0.39 is 123 Å². The fraction of sp³-hybridized carbons (Fsp3) is 0.917. The summed E-state index contributed by atoms with van der Waals surface area (Å²) >= 11 is 0. The van der Waals surface area contributed by atoms with E-state index in [0.717, 1.165) is 44.8 Å². The van der Waals surface area contributed by atoms with Crippen molar-refractivity contribution in [3.05, 3.63) is 11.6 Å². The van der Waals surface area contributed by atoms with Gasteiger partial charge in [0.15, 0.2) is 25.0 Å². The van der Waals surface area contributed by atoms with Crippen molar-refractivity contribution >= 4 is 12.3 Å². The number of carboxylic acids is 1. The maximum Gasteiger partial charge on any atom is 0.335 e. The minimum atomic E-state index is -2.12. The Bertz CT molecular complexity index is 1870. The number of hydrogen-bond donors (Lipinski definition) is 11. The molecule has 8 aliphatic rings. The molecule has 11 N–H and O–H groups in total. The summed E-state index contributed by atoms with van der Waals surface area (Å²) in [5.74, 6) is -1.42. The van der Waals surface area contributed by atoms with Gasteiger partial charge in [-0.15, -0.1) is 0 Å². The van der Waals surface area contributed by atoms with Gasteiger partial charge in [0, 0.05) is 5.41 Å². The zero-order chi connectivity index (χ0) is 49.1. The molecule has 0 bridgehead atoms. The standard InChI is InChI=1S/C48H76O19/c1-43(2)16-22-21-8-9-26-45(4)12-11-28(46(5,20-51)25(45)10-13-48(26,7)47(21,6)15-14-44(22,3)27(52)17-43)64-42-38(34(58)33(57)36(65-42)39(60)61)67-41-37(32(56)30(54)24(19-50)63-41)66-40-35(59)31(55)29(53)23(18-49)62-40/h8,20,22-38,40-42,49-50,52-59H,9-19H2,1-7H3,(H,60,61)/t22-,23+,24+,25+,26+,27+,28-,29+,30-,31-,32+,33-,34-,35+,36-,37+,38+,40-,41-,42+,44+,45-,46+,47+,48+/m0/s1. The second kappa shape index (κ2) is 18.1. The molecule has 0 aromatic carbocycles. The highest BCUT2D eigenvalue weighted by Crippen LogP contribution is 2.75. The second-order valence-electron chi connectivity index (χ2n) is 23.4. The van der Waals surface area contributed by atoms with E-state index in [1.807, 2.05) is 6.92 Å². The normalized spacial score (nSPS) is 55.2. The number of carboxylic acid groups (broad SMARTS) is 1. The Hall–Kier alpha value is -1.76. The van der Waals surface area contributed by atoms with Crippen LogP contribution in [0.5, 0.6) is 0 Å². The SMILES string of the molecule is CC1(C)C[C@@H](O)[C@]2(C)CC[C@]3(C)C(=CC[C@@H]4[C@@]5(C)CC[C@H](O[C@@H]6O[C@H](C(=O)O)[C@@H](O)[C@H](O)[C@H]6O[C@@H]6O[C@H](CO)[C@H](O)[C@@H](O)[C@H]6O[C@@H]6O[C@H](CO)[C@@H](O)[C@H](O)[C@H]6O)[C@](C)(C=O)[C@@H]5CC[C@]43C)[C@@H]2C1. The van der Waals surface area contributed by atoms with Crippen LogP contribution in [-0.2, 0) is 38.0 Å². The van der Waals surface area contributed by atoms with Crippen molar-refractivity contribution in [1.29, 1.82) is 0 Å². The van der Waals surface area contributed by atoms with Crippen LogP contribution >= 0.6 is 0 Å². The van der Waals surface area contributed by atoms with Gasteiger partial charge in [0.25, 0.3) is 0 Å². The average Bonchev–Trinajstić information content (AvgIpc) is 3.27. The number of carbonyl (C=O) groups excluding carboxylic acids is 1. The van der Waals surface area contributed by atoms with Crippen molar-refractivity contribution in [2.75, 3.05) is 13.2 Å². The van der Waals surface area contributed by atoms with E-state index in [9.17, 15) is 65.8 Å². The van der Waals surface area contributed by atoms with Crippen molar-refractivity contribution in [3.63, 3.8) is 0 Å². The van der Waals surface area contributed by atoms with E-state index in [4.69, 9.17) is 28.4 Å². The first-order valence-electron chi connectivity index (χ1n) is 24.3. The molecule has 7 fully saturated rings.